The average molecular weight is 342 g/mol. The van der Waals surface area contributed by atoms with Gasteiger partial charge in [-0.3, -0.25) is 4.21 Å². The number of nitrogens with two attached hydrogens (primary N) is 1. The highest BCUT2D eigenvalue weighted by atomic mass is 79.9. The van der Waals surface area contributed by atoms with E-state index in [1.165, 1.54) is 12.1 Å². The highest BCUT2D eigenvalue weighted by Gasteiger charge is 2.10. The van der Waals surface area contributed by atoms with Crippen LogP contribution in [0.3, 0.4) is 0 Å². The van der Waals surface area contributed by atoms with E-state index in [0.717, 1.165) is 4.47 Å². The van der Waals surface area contributed by atoms with Crippen LogP contribution in [0.25, 0.3) is 0 Å². The molecule has 19 heavy (non-hydrogen) atoms. The van der Waals surface area contributed by atoms with Crippen LogP contribution in [0.4, 0.5) is 4.39 Å². The van der Waals surface area contributed by atoms with E-state index in [1.54, 1.807) is 12.1 Å². The molecule has 0 saturated heterocycles. The van der Waals surface area contributed by atoms with E-state index in [1.807, 2.05) is 18.2 Å². The molecule has 2 N–H and O–H groups in total. The molecule has 1 unspecified atom stereocenters. The molecule has 0 spiro atoms. The highest BCUT2D eigenvalue weighted by Crippen LogP contribution is 2.22. The van der Waals surface area contributed by atoms with E-state index in [9.17, 15) is 8.60 Å². The minimum Gasteiger partial charge on any atom is -0.326 e. The van der Waals surface area contributed by atoms with Gasteiger partial charge in [0.25, 0.3) is 0 Å². The number of rotatable bonds is 4. The van der Waals surface area contributed by atoms with E-state index >= 15 is 0 Å². The predicted octanol–water partition coefficient (Wildman–Crippen LogP) is 3.35. The highest BCUT2D eigenvalue weighted by molar-refractivity contribution is 9.10. The van der Waals surface area contributed by atoms with Crippen molar-refractivity contribution < 1.29 is 8.60 Å². The molecule has 0 amide bonds. The molecular weight excluding hydrogens is 329 g/mol. The molecule has 0 bridgehead atoms. The lowest BCUT2D eigenvalue weighted by molar-refractivity contribution is 0.623. The van der Waals surface area contributed by atoms with Crippen LogP contribution in [0.5, 0.6) is 0 Å². The van der Waals surface area contributed by atoms with E-state index < -0.39 is 10.8 Å². The van der Waals surface area contributed by atoms with E-state index in [-0.39, 0.29) is 18.1 Å². The lowest BCUT2D eigenvalue weighted by atomic mass is 10.1. The first-order valence-electron chi connectivity index (χ1n) is 5.71. The third-order valence-electron chi connectivity index (χ3n) is 2.63. The van der Waals surface area contributed by atoms with Gasteiger partial charge in [0, 0.05) is 11.0 Å². The Labute approximate surface area is 122 Å². The van der Waals surface area contributed by atoms with Crippen LogP contribution < -0.4 is 5.73 Å². The molecule has 0 aliphatic carbocycles. The Morgan fingerprint density at radius 1 is 1.16 bits per heavy atom. The lowest BCUT2D eigenvalue weighted by Crippen LogP contribution is -2.02. The normalized spacial score (nSPS) is 12.4. The molecule has 0 aliphatic heterocycles. The number of benzene rings is 2. The minimum atomic E-state index is -1.22. The molecule has 0 radical (unpaired) electrons. The van der Waals surface area contributed by atoms with Gasteiger partial charge in [-0.2, -0.15) is 0 Å². The van der Waals surface area contributed by atoms with Gasteiger partial charge in [-0.15, -0.1) is 0 Å². The van der Waals surface area contributed by atoms with E-state index in [0.29, 0.717) is 16.0 Å². The van der Waals surface area contributed by atoms with Gasteiger partial charge in [-0.05, 0) is 51.3 Å². The molecule has 5 heteroatoms. The molecule has 1 atom stereocenters. The lowest BCUT2D eigenvalue weighted by Gasteiger charge is -2.07. The Morgan fingerprint density at radius 2 is 1.84 bits per heavy atom. The fourth-order valence-electron chi connectivity index (χ4n) is 1.78. The summed E-state index contributed by atoms with van der Waals surface area (Å²) in [7, 11) is -1.22. The number of hydrogen-bond donors (Lipinski definition) is 1. The Hall–Kier alpha value is -1.04. The maximum atomic E-state index is 13.4. The first-order chi connectivity index (χ1) is 9.10. The fourth-order valence-corrected chi connectivity index (χ4v) is 3.74. The van der Waals surface area contributed by atoms with Crippen molar-refractivity contribution >= 4 is 26.7 Å². The molecule has 2 rings (SSSR count). The molecule has 2 aromatic carbocycles. The second-order valence-electron chi connectivity index (χ2n) is 4.09. The van der Waals surface area contributed by atoms with E-state index in [2.05, 4.69) is 15.9 Å². The van der Waals surface area contributed by atoms with Crippen molar-refractivity contribution in [2.24, 2.45) is 5.73 Å². The molecule has 0 saturated carbocycles. The molecule has 0 heterocycles. The second kappa shape index (κ2) is 6.41. The average Bonchev–Trinajstić information content (AvgIpc) is 2.38. The zero-order valence-corrected chi connectivity index (χ0v) is 12.5. The maximum absolute atomic E-state index is 13.4. The summed E-state index contributed by atoms with van der Waals surface area (Å²) < 4.78 is 26.5. The zero-order valence-electron chi connectivity index (χ0n) is 10.1. The molecule has 0 aliphatic rings. The quantitative estimate of drug-likeness (QED) is 0.926. The van der Waals surface area contributed by atoms with Crippen molar-refractivity contribution in [2.75, 3.05) is 0 Å². The first kappa shape index (κ1) is 14.4. The Balaban J connectivity index is 2.24. The third-order valence-corrected chi connectivity index (χ3v) is 5.03. The number of hydrogen-bond acceptors (Lipinski definition) is 2. The van der Waals surface area contributed by atoms with Gasteiger partial charge < -0.3 is 5.73 Å². The van der Waals surface area contributed by atoms with Crippen LogP contribution in [0, 0.1) is 5.82 Å². The Kier molecular flexibility index (Phi) is 4.85. The summed E-state index contributed by atoms with van der Waals surface area (Å²) in [4.78, 5) is 0.709. The minimum absolute atomic E-state index is 0.270. The first-order valence-corrected chi connectivity index (χ1v) is 7.82. The van der Waals surface area contributed by atoms with Crippen molar-refractivity contribution in [3.05, 3.63) is 63.9 Å². The van der Waals surface area contributed by atoms with Crippen molar-refractivity contribution in [1.29, 1.82) is 0 Å². The summed E-state index contributed by atoms with van der Waals surface area (Å²) in [5.74, 6) is -0.0741. The molecule has 100 valence electrons. The zero-order chi connectivity index (χ0) is 13.8. The van der Waals surface area contributed by atoms with Gasteiger partial charge in [0.15, 0.2) is 0 Å². The smallest absolute Gasteiger partial charge is 0.123 e. The van der Waals surface area contributed by atoms with Crippen LogP contribution in [-0.2, 0) is 23.1 Å². The van der Waals surface area contributed by atoms with Gasteiger partial charge in [0.2, 0.25) is 0 Å². The standard InChI is InChI=1S/C14H13BrFNOS/c15-13-3-1-2-4-14(13)19(18)9-11-5-10(8-17)6-12(16)7-11/h1-7H,8-9,17H2. The molecule has 0 fully saturated rings. The largest absolute Gasteiger partial charge is 0.326 e. The second-order valence-corrected chi connectivity index (χ2v) is 6.37. The van der Waals surface area contributed by atoms with Crippen LogP contribution in [0.1, 0.15) is 11.1 Å². The monoisotopic (exact) mass is 341 g/mol. The van der Waals surface area contributed by atoms with Gasteiger partial charge in [0.1, 0.15) is 5.82 Å². The Bertz CT molecular complexity index is 618. The predicted molar refractivity (Wildman–Crippen MR) is 78.5 cm³/mol. The Morgan fingerprint density at radius 3 is 2.53 bits per heavy atom. The van der Waals surface area contributed by atoms with Gasteiger partial charge in [-0.25, -0.2) is 4.39 Å². The molecule has 2 aromatic rings. The fraction of sp³-hybridized carbons (Fsp3) is 0.143. The van der Waals surface area contributed by atoms with Crippen LogP contribution in [0.2, 0.25) is 0 Å². The SMILES string of the molecule is NCc1cc(F)cc(CS(=O)c2ccccc2Br)c1. The maximum Gasteiger partial charge on any atom is 0.123 e. The van der Waals surface area contributed by atoms with Gasteiger partial charge in [-0.1, -0.05) is 18.2 Å². The summed E-state index contributed by atoms with van der Waals surface area (Å²) in [6.45, 7) is 0.270. The van der Waals surface area contributed by atoms with Crippen molar-refractivity contribution in [1.82, 2.24) is 0 Å². The molecular formula is C14H13BrFNOS. The van der Waals surface area contributed by atoms with Crippen LogP contribution in [0.15, 0.2) is 51.8 Å². The molecule has 2 nitrogen and oxygen atoms in total. The summed E-state index contributed by atoms with van der Waals surface area (Å²) >= 11 is 3.37. The van der Waals surface area contributed by atoms with Crippen molar-refractivity contribution in [3.8, 4) is 0 Å². The molecule has 0 aromatic heterocycles. The summed E-state index contributed by atoms with van der Waals surface area (Å²) in [6.07, 6.45) is 0. The topological polar surface area (TPSA) is 43.1 Å². The third kappa shape index (κ3) is 3.72. The summed E-state index contributed by atoms with van der Waals surface area (Å²) in [5, 5.41) is 0. The van der Waals surface area contributed by atoms with Crippen LogP contribution in [-0.4, -0.2) is 4.21 Å². The summed E-state index contributed by atoms with van der Waals surface area (Å²) in [5.41, 5.74) is 6.90. The van der Waals surface area contributed by atoms with Gasteiger partial charge in [0.05, 0.1) is 21.4 Å². The van der Waals surface area contributed by atoms with Gasteiger partial charge >= 0.3 is 0 Å². The summed E-state index contributed by atoms with van der Waals surface area (Å²) in [6, 6.07) is 11.9. The van der Waals surface area contributed by atoms with Crippen molar-refractivity contribution in [3.63, 3.8) is 0 Å². The number of halogens is 2. The van der Waals surface area contributed by atoms with Crippen molar-refractivity contribution in [2.45, 2.75) is 17.2 Å². The van der Waals surface area contributed by atoms with Crippen LogP contribution >= 0.6 is 15.9 Å². The van der Waals surface area contributed by atoms with E-state index in [4.69, 9.17) is 5.73 Å².